The molecule has 26 heavy (non-hydrogen) atoms. The summed E-state index contributed by atoms with van der Waals surface area (Å²) in [5.74, 6) is 0.164. The van der Waals surface area contributed by atoms with Crippen LogP contribution in [-0.4, -0.2) is 48.3 Å². The van der Waals surface area contributed by atoms with E-state index in [0.29, 0.717) is 31.8 Å². The lowest BCUT2D eigenvalue weighted by Gasteiger charge is -2.26. The lowest BCUT2D eigenvalue weighted by atomic mass is 10.1. The van der Waals surface area contributed by atoms with Gasteiger partial charge in [-0.1, -0.05) is 0 Å². The third kappa shape index (κ3) is 13.5. The number of nitrogens with zero attached hydrogens (tertiary/aromatic N) is 1. The minimum atomic E-state index is -0.792. The first-order valence-corrected chi connectivity index (χ1v) is 8.95. The Kier molecular flexibility index (Phi) is 10.2. The maximum atomic E-state index is 12.4. The van der Waals surface area contributed by atoms with E-state index in [1.807, 2.05) is 6.92 Å². The number of hydrogen-bond acceptors (Lipinski definition) is 6. The van der Waals surface area contributed by atoms with Crippen LogP contribution in [0, 0.1) is 0 Å². The number of rotatable bonds is 8. The number of aliphatic imine (C=N–C) groups is 1. The molecule has 152 valence electrons. The maximum Gasteiger partial charge on any atom is 0.408 e. The number of amidine groups is 1. The normalized spacial score (nSPS) is 13.8. The highest BCUT2D eigenvalue weighted by atomic mass is 16.6. The molecular weight excluding hydrogens is 338 g/mol. The largest absolute Gasteiger partial charge is 0.458 e. The quantitative estimate of drug-likeness (QED) is 0.223. The smallest absolute Gasteiger partial charge is 0.408 e. The number of nitrogens with one attached hydrogen (secondary N) is 2. The average molecular weight is 373 g/mol. The molecule has 0 rings (SSSR count). The third-order valence-corrected chi connectivity index (χ3v) is 2.75. The Labute approximate surface area is 157 Å². The summed E-state index contributed by atoms with van der Waals surface area (Å²) in [7, 11) is 0. The first-order chi connectivity index (χ1) is 11.8. The minimum Gasteiger partial charge on any atom is -0.458 e. The molecular formula is C18H35N3O5. The number of esters is 1. The van der Waals surface area contributed by atoms with E-state index in [0.717, 1.165) is 0 Å². The van der Waals surface area contributed by atoms with Gasteiger partial charge in [0.2, 0.25) is 0 Å². The Balaban J connectivity index is 4.73. The fraction of sp³-hybridized carbons (Fsp3) is 0.833. The highest BCUT2D eigenvalue weighted by molar-refractivity contribution is 5.81. The molecule has 1 amide bonds. The molecule has 0 saturated heterocycles. The molecule has 8 heteroatoms. The maximum absolute atomic E-state index is 12.4. The van der Waals surface area contributed by atoms with Gasteiger partial charge in [-0.25, -0.2) is 9.59 Å². The monoisotopic (exact) mass is 373 g/mol. The summed E-state index contributed by atoms with van der Waals surface area (Å²) < 4.78 is 10.6. The molecule has 0 aromatic carbocycles. The summed E-state index contributed by atoms with van der Waals surface area (Å²) in [5.41, 5.74) is 1.42. The summed E-state index contributed by atoms with van der Waals surface area (Å²) >= 11 is 0. The van der Waals surface area contributed by atoms with Crippen LogP contribution in [0.25, 0.3) is 0 Å². The zero-order chi connectivity index (χ0) is 20.4. The zero-order valence-electron chi connectivity index (χ0n) is 17.4. The van der Waals surface area contributed by atoms with Crippen molar-refractivity contribution in [1.82, 2.24) is 10.8 Å². The molecule has 0 aromatic heterocycles. The van der Waals surface area contributed by atoms with Crippen molar-refractivity contribution in [1.29, 1.82) is 0 Å². The number of amides is 1. The van der Waals surface area contributed by atoms with Crippen molar-refractivity contribution in [3.8, 4) is 0 Å². The molecule has 0 unspecified atom stereocenters. The summed E-state index contributed by atoms with van der Waals surface area (Å²) in [5, 5.41) is 2.59. The minimum absolute atomic E-state index is 0.388. The van der Waals surface area contributed by atoms with Gasteiger partial charge in [0.25, 0.3) is 0 Å². The summed E-state index contributed by atoms with van der Waals surface area (Å²) in [6.45, 7) is 15.3. The standard InChI is InChI=1S/C18H35N3O5/c1-9-24-21-13(2)19-12-10-11-14(15(22)25-17(3,4)5)20-16(23)26-18(6,7)8/h14H,9-12H2,1-8H3,(H,19,21)(H,20,23)/t14-/m0/s1. The van der Waals surface area contributed by atoms with Crippen LogP contribution in [0.3, 0.4) is 0 Å². The van der Waals surface area contributed by atoms with Gasteiger partial charge >= 0.3 is 12.1 Å². The average Bonchev–Trinajstić information content (AvgIpc) is 2.44. The van der Waals surface area contributed by atoms with Gasteiger partial charge in [0, 0.05) is 6.54 Å². The Hall–Kier alpha value is -1.83. The molecule has 0 radical (unpaired) electrons. The van der Waals surface area contributed by atoms with Gasteiger partial charge in [-0.15, -0.1) is 0 Å². The van der Waals surface area contributed by atoms with Crippen LogP contribution < -0.4 is 10.8 Å². The van der Waals surface area contributed by atoms with E-state index in [4.69, 9.17) is 14.3 Å². The van der Waals surface area contributed by atoms with E-state index in [1.165, 1.54) is 0 Å². The van der Waals surface area contributed by atoms with Gasteiger partial charge in [-0.2, -0.15) is 0 Å². The van der Waals surface area contributed by atoms with Crippen LogP contribution in [0.5, 0.6) is 0 Å². The van der Waals surface area contributed by atoms with E-state index in [9.17, 15) is 9.59 Å². The zero-order valence-corrected chi connectivity index (χ0v) is 17.4. The highest BCUT2D eigenvalue weighted by Crippen LogP contribution is 2.12. The van der Waals surface area contributed by atoms with E-state index in [-0.39, 0.29) is 0 Å². The Morgan fingerprint density at radius 1 is 1.04 bits per heavy atom. The molecule has 1 atom stereocenters. The Bertz CT molecular complexity index is 478. The molecule has 0 aliphatic rings. The van der Waals surface area contributed by atoms with Gasteiger partial charge in [0.15, 0.2) is 0 Å². The highest BCUT2D eigenvalue weighted by Gasteiger charge is 2.28. The SMILES string of the molecule is CCONC(C)=NCCC[C@H](NC(=O)OC(C)(C)C)C(=O)OC(C)(C)C. The number of alkyl carbamates (subject to hydrolysis) is 1. The molecule has 0 aromatic rings. The van der Waals surface area contributed by atoms with E-state index in [2.05, 4.69) is 15.8 Å². The molecule has 0 aliphatic carbocycles. The summed E-state index contributed by atoms with van der Waals surface area (Å²) in [6.07, 6.45) is 0.329. The summed E-state index contributed by atoms with van der Waals surface area (Å²) in [4.78, 5) is 33.7. The van der Waals surface area contributed by atoms with Crippen molar-refractivity contribution < 1.29 is 23.9 Å². The second-order valence-corrected chi connectivity index (χ2v) is 7.88. The van der Waals surface area contributed by atoms with Gasteiger partial charge in [0.05, 0.1) is 6.61 Å². The number of ether oxygens (including phenoxy) is 2. The van der Waals surface area contributed by atoms with Crippen LogP contribution in [-0.2, 0) is 19.1 Å². The van der Waals surface area contributed by atoms with Crippen molar-refractivity contribution in [3.05, 3.63) is 0 Å². The molecule has 0 spiro atoms. The molecule has 0 fully saturated rings. The Morgan fingerprint density at radius 2 is 1.62 bits per heavy atom. The topological polar surface area (TPSA) is 98.3 Å². The molecule has 2 N–H and O–H groups in total. The van der Waals surface area contributed by atoms with E-state index >= 15 is 0 Å². The predicted octanol–water partition coefficient (Wildman–Crippen LogP) is 2.96. The fourth-order valence-electron chi connectivity index (χ4n) is 1.82. The van der Waals surface area contributed by atoms with Crippen LogP contribution in [0.1, 0.15) is 68.2 Å². The van der Waals surface area contributed by atoms with Crippen molar-refractivity contribution in [2.75, 3.05) is 13.2 Å². The molecule has 8 nitrogen and oxygen atoms in total. The summed E-state index contributed by atoms with van der Waals surface area (Å²) in [6, 6.07) is -0.792. The number of carbonyl (C=O) groups is 2. The van der Waals surface area contributed by atoms with Crippen molar-refractivity contribution in [2.24, 2.45) is 4.99 Å². The van der Waals surface area contributed by atoms with Gasteiger partial charge in [-0.3, -0.25) is 15.3 Å². The van der Waals surface area contributed by atoms with Crippen molar-refractivity contribution in [3.63, 3.8) is 0 Å². The number of hydroxylamine groups is 1. The number of carbonyl (C=O) groups excluding carboxylic acids is 2. The van der Waals surface area contributed by atoms with Gasteiger partial charge in [0.1, 0.15) is 23.1 Å². The van der Waals surface area contributed by atoms with Crippen LogP contribution in [0.4, 0.5) is 4.79 Å². The van der Waals surface area contributed by atoms with E-state index in [1.54, 1.807) is 48.5 Å². The van der Waals surface area contributed by atoms with Crippen molar-refractivity contribution in [2.45, 2.75) is 85.5 Å². The first kappa shape index (κ1) is 24.2. The lowest BCUT2D eigenvalue weighted by Crippen LogP contribution is -2.46. The molecule has 0 bridgehead atoms. The van der Waals surface area contributed by atoms with Crippen LogP contribution >= 0.6 is 0 Å². The van der Waals surface area contributed by atoms with Crippen molar-refractivity contribution >= 4 is 17.9 Å². The second-order valence-electron chi connectivity index (χ2n) is 7.88. The number of hydrogen-bond donors (Lipinski definition) is 2. The molecule has 0 heterocycles. The predicted molar refractivity (Wildman–Crippen MR) is 101 cm³/mol. The van der Waals surface area contributed by atoms with E-state index < -0.39 is 29.3 Å². The lowest BCUT2D eigenvalue weighted by molar-refractivity contribution is -0.157. The Morgan fingerprint density at radius 3 is 2.12 bits per heavy atom. The van der Waals surface area contributed by atoms with Gasteiger partial charge < -0.3 is 14.8 Å². The second kappa shape index (κ2) is 11.0. The van der Waals surface area contributed by atoms with Crippen LogP contribution in [0.15, 0.2) is 4.99 Å². The van der Waals surface area contributed by atoms with Crippen LogP contribution in [0.2, 0.25) is 0 Å². The fourth-order valence-corrected chi connectivity index (χ4v) is 1.82. The third-order valence-electron chi connectivity index (χ3n) is 2.75. The van der Waals surface area contributed by atoms with Gasteiger partial charge in [-0.05, 0) is 68.2 Å². The first-order valence-electron chi connectivity index (χ1n) is 8.95. The molecule has 0 aliphatic heterocycles. The molecule has 0 saturated carbocycles.